The Labute approximate surface area is 131 Å². The lowest BCUT2D eigenvalue weighted by Gasteiger charge is -2.35. The zero-order valence-corrected chi connectivity index (χ0v) is 13.6. The molecule has 1 aromatic carbocycles. The molecule has 120 valence electrons. The second kappa shape index (κ2) is 6.48. The van der Waals surface area contributed by atoms with Gasteiger partial charge in [0.2, 0.25) is 0 Å². The molecule has 0 radical (unpaired) electrons. The number of carbonyl (C=O) groups excluding carboxylic acids is 2. The van der Waals surface area contributed by atoms with Crippen LogP contribution in [0.4, 0.5) is 4.79 Å². The summed E-state index contributed by atoms with van der Waals surface area (Å²) in [7, 11) is 0. The molecular weight excluding hydrogens is 282 g/mol. The summed E-state index contributed by atoms with van der Waals surface area (Å²) in [5.74, 6) is -0.120. The summed E-state index contributed by atoms with van der Waals surface area (Å²) < 4.78 is 10.8. The zero-order chi connectivity index (χ0) is 16.3. The monoisotopic (exact) mass is 305 g/mol. The van der Waals surface area contributed by atoms with Crippen molar-refractivity contribution >= 4 is 11.9 Å². The van der Waals surface area contributed by atoms with Crippen LogP contribution in [0.3, 0.4) is 0 Å². The summed E-state index contributed by atoms with van der Waals surface area (Å²) in [6, 6.07) is 6.69. The maximum absolute atomic E-state index is 12.7. The molecule has 22 heavy (non-hydrogen) atoms. The summed E-state index contributed by atoms with van der Waals surface area (Å²) in [5.41, 5.74) is 1.07. The van der Waals surface area contributed by atoms with Crippen molar-refractivity contribution in [2.24, 2.45) is 0 Å². The predicted molar refractivity (Wildman–Crippen MR) is 83.1 cm³/mol. The smallest absolute Gasteiger partial charge is 0.411 e. The van der Waals surface area contributed by atoms with E-state index in [9.17, 15) is 9.59 Å². The van der Waals surface area contributed by atoms with Gasteiger partial charge >= 0.3 is 6.09 Å². The Morgan fingerprint density at radius 2 is 1.86 bits per heavy atom. The second-order valence-electron chi connectivity index (χ2n) is 6.49. The number of rotatable bonds is 2. The van der Waals surface area contributed by atoms with Gasteiger partial charge in [0, 0.05) is 12.1 Å². The molecule has 1 fully saturated rings. The van der Waals surface area contributed by atoms with Gasteiger partial charge in [0.1, 0.15) is 11.6 Å². The van der Waals surface area contributed by atoms with Crippen LogP contribution in [0.1, 0.15) is 36.7 Å². The number of ether oxygens (including phenoxy) is 2. The summed E-state index contributed by atoms with van der Waals surface area (Å²) in [6.45, 7) is 8.36. The highest BCUT2D eigenvalue weighted by Crippen LogP contribution is 2.18. The van der Waals surface area contributed by atoms with Crippen molar-refractivity contribution in [2.45, 2.75) is 39.3 Å². The number of aryl methyl sites for hydroxylation is 1. The Balaban J connectivity index is 2.17. The summed E-state index contributed by atoms with van der Waals surface area (Å²) in [4.78, 5) is 26.4. The molecule has 0 spiro atoms. The second-order valence-corrected chi connectivity index (χ2v) is 6.49. The van der Waals surface area contributed by atoms with Crippen molar-refractivity contribution in [3.8, 4) is 0 Å². The largest absolute Gasteiger partial charge is 0.444 e. The minimum absolute atomic E-state index is 0.120. The van der Waals surface area contributed by atoms with Gasteiger partial charge in [-0.1, -0.05) is 29.8 Å². The number of hydrogen-bond donors (Lipinski definition) is 0. The van der Waals surface area contributed by atoms with Crippen LogP contribution < -0.4 is 0 Å². The van der Waals surface area contributed by atoms with Crippen molar-refractivity contribution in [3.05, 3.63) is 35.4 Å². The number of ketones is 1. The van der Waals surface area contributed by atoms with Crippen molar-refractivity contribution in [3.63, 3.8) is 0 Å². The molecule has 1 atom stereocenters. The zero-order valence-electron chi connectivity index (χ0n) is 13.6. The van der Waals surface area contributed by atoms with Crippen LogP contribution in [0.5, 0.6) is 0 Å². The van der Waals surface area contributed by atoms with Gasteiger partial charge in [-0.15, -0.1) is 0 Å². The third-order valence-electron chi connectivity index (χ3n) is 3.40. The Bertz CT molecular complexity index is 545. The first kappa shape index (κ1) is 16.5. The van der Waals surface area contributed by atoms with Gasteiger partial charge in [-0.2, -0.15) is 0 Å². The molecule has 1 heterocycles. The van der Waals surface area contributed by atoms with Gasteiger partial charge in [-0.3, -0.25) is 9.69 Å². The molecule has 1 amide bonds. The molecule has 5 heteroatoms. The quantitative estimate of drug-likeness (QED) is 0.788. The molecule has 1 aliphatic heterocycles. The topological polar surface area (TPSA) is 55.8 Å². The molecule has 1 saturated heterocycles. The van der Waals surface area contributed by atoms with E-state index in [0.29, 0.717) is 18.7 Å². The third-order valence-corrected chi connectivity index (χ3v) is 3.40. The Morgan fingerprint density at radius 3 is 2.45 bits per heavy atom. The lowest BCUT2D eigenvalue weighted by Crippen LogP contribution is -2.53. The lowest BCUT2D eigenvalue weighted by atomic mass is 10.0. The number of hydrogen-bond acceptors (Lipinski definition) is 4. The van der Waals surface area contributed by atoms with E-state index >= 15 is 0 Å². The molecule has 1 aromatic rings. The minimum Gasteiger partial charge on any atom is -0.444 e. The van der Waals surface area contributed by atoms with Crippen molar-refractivity contribution in [1.82, 2.24) is 4.90 Å². The van der Waals surface area contributed by atoms with E-state index in [2.05, 4.69) is 0 Å². The number of benzene rings is 1. The van der Waals surface area contributed by atoms with Gasteiger partial charge in [-0.05, 0) is 27.7 Å². The molecular formula is C17H23NO4. The van der Waals surface area contributed by atoms with E-state index in [4.69, 9.17) is 9.47 Å². The van der Waals surface area contributed by atoms with Gasteiger partial charge in [0.15, 0.2) is 5.78 Å². The van der Waals surface area contributed by atoms with E-state index < -0.39 is 17.7 Å². The fourth-order valence-electron chi connectivity index (χ4n) is 2.27. The first-order chi connectivity index (χ1) is 10.3. The molecule has 0 aromatic heterocycles. The van der Waals surface area contributed by atoms with Crippen LogP contribution in [-0.4, -0.2) is 48.2 Å². The van der Waals surface area contributed by atoms with Crippen LogP contribution in [0.25, 0.3) is 0 Å². The van der Waals surface area contributed by atoms with Gasteiger partial charge in [0.25, 0.3) is 0 Å². The first-order valence-electron chi connectivity index (χ1n) is 7.46. The number of carbonyl (C=O) groups is 2. The average Bonchev–Trinajstić information content (AvgIpc) is 2.45. The van der Waals surface area contributed by atoms with Crippen molar-refractivity contribution in [1.29, 1.82) is 0 Å². The van der Waals surface area contributed by atoms with Crippen molar-refractivity contribution < 1.29 is 19.1 Å². The molecule has 0 saturated carbocycles. The fourth-order valence-corrected chi connectivity index (χ4v) is 2.27. The van der Waals surface area contributed by atoms with Crippen LogP contribution in [-0.2, 0) is 9.47 Å². The minimum atomic E-state index is -0.633. The van der Waals surface area contributed by atoms with E-state index in [1.165, 1.54) is 4.90 Å². The number of nitrogens with zero attached hydrogens (tertiary/aromatic N) is 1. The Morgan fingerprint density at radius 1 is 1.23 bits per heavy atom. The van der Waals surface area contributed by atoms with Crippen molar-refractivity contribution in [2.75, 3.05) is 19.8 Å². The molecule has 5 nitrogen and oxygen atoms in total. The van der Waals surface area contributed by atoms with E-state index in [1.807, 2.05) is 39.8 Å². The van der Waals surface area contributed by atoms with Gasteiger partial charge in [0.05, 0.1) is 13.2 Å². The summed E-state index contributed by atoms with van der Waals surface area (Å²) in [6.07, 6.45) is -0.471. The van der Waals surface area contributed by atoms with Crippen LogP contribution in [0, 0.1) is 6.92 Å². The molecule has 2 rings (SSSR count). The van der Waals surface area contributed by atoms with E-state index in [0.717, 1.165) is 5.56 Å². The highest BCUT2D eigenvalue weighted by molar-refractivity contribution is 6.01. The Hall–Kier alpha value is -1.88. The van der Waals surface area contributed by atoms with Crippen LogP contribution in [0.2, 0.25) is 0 Å². The third kappa shape index (κ3) is 4.07. The highest BCUT2D eigenvalue weighted by Gasteiger charge is 2.35. The average molecular weight is 305 g/mol. The standard InChI is InChI=1S/C17H23NO4/c1-12-5-7-13(8-6-12)15(19)14-11-21-10-9-18(14)16(20)22-17(2,3)4/h5-8,14H,9-11H2,1-4H3. The normalized spacial score (nSPS) is 18.9. The van der Waals surface area contributed by atoms with E-state index in [-0.39, 0.29) is 12.4 Å². The summed E-state index contributed by atoms with van der Waals surface area (Å²) in [5, 5.41) is 0. The maximum atomic E-state index is 12.7. The molecule has 0 aliphatic carbocycles. The maximum Gasteiger partial charge on any atom is 0.411 e. The first-order valence-corrected chi connectivity index (χ1v) is 7.46. The van der Waals surface area contributed by atoms with Crippen LogP contribution >= 0.6 is 0 Å². The number of Topliss-reactive ketones (excluding diaryl/α,β-unsaturated/α-hetero) is 1. The van der Waals surface area contributed by atoms with Gasteiger partial charge in [-0.25, -0.2) is 4.79 Å². The Kier molecular flexibility index (Phi) is 4.86. The van der Waals surface area contributed by atoms with E-state index in [1.54, 1.807) is 12.1 Å². The molecule has 0 N–H and O–H groups in total. The SMILES string of the molecule is Cc1ccc(C(=O)C2COCCN2C(=O)OC(C)(C)C)cc1. The highest BCUT2D eigenvalue weighted by atomic mass is 16.6. The predicted octanol–water partition coefficient (Wildman–Crippen LogP) is 2.81. The number of amides is 1. The van der Waals surface area contributed by atoms with Crippen LogP contribution in [0.15, 0.2) is 24.3 Å². The van der Waals surface area contributed by atoms with Gasteiger partial charge < -0.3 is 9.47 Å². The summed E-state index contributed by atoms with van der Waals surface area (Å²) >= 11 is 0. The molecule has 1 unspecified atom stereocenters. The molecule has 1 aliphatic rings. The molecule has 0 bridgehead atoms. The number of morpholine rings is 1. The lowest BCUT2D eigenvalue weighted by molar-refractivity contribution is -0.0265. The fraction of sp³-hybridized carbons (Fsp3) is 0.529.